The molecule has 1 atom stereocenters. The highest BCUT2D eigenvalue weighted by atomic mass is 79.9. The zero-order chi connectivity index (χ0) is 11.7. The van der Waals surface area contributed by atoms with E-state index < -0.39 is 0 Å². The van der Waals surface area contributed by atoms with E-state index in [0.717, 1.165) is 13.1 Å². The van der Waals surface area contributed by atoms with Crippen molar-refractivity contribution in [3.05, 3.63) is 19.5 Å². The van der Waals surface area contributed by atoms with Gasteiger partial charge in [-0.05, 0) is 51.9 Å². The summed E-state index contributed by atoms with van der Waals surface area (Å²) < 4.78 is 7.59. The summed E-state index contributed by atoms with van der Waals surface area (Å²) in [5.74, 6) is 1.12. The number of nitrogens with one attached hydrogen (secondary N) is 1. The maximum atomic E-state index is 5.59. The maximum absolute atomic E-state index is 5.59. The number of thiophene rings is 1. The van der Waals surface area contributed by atoms with Gasteiger partial charge in [-0.25, -0.2) is 0 Å². The number of halogens is 2. The Morgan fingerprint density at radius 1 is 1.44 bits per heavy atom. The SMILES string of the molecule is CNC(C)c1nnc(-c2cc(Br)sc2Br)o1. The summed E-state index contributed by atoms with van der Waals surface area (Å²) in [6.45, 7) is 1.97. The molecule has 0 saturated carbocycles. The molecule has 16 heavy (non-hydrogen) atoms. The molecule has 0 aliphatic carbocycles. The third-order valence-electron chi connectivity index (χ3n) is 2.13. The summed E-state index contributed by atoms with van der Waals surface area (Å²) >= 11 is 8.46. The Balaban J connectivity index is 2.35. The molecule has 86 valence electrons. The molecule has 0 amide bonds. The zero-order valence-corrected chi connectivity index (χ0v) is 12.6. The molecule has 7 heteroatoms. The van der Waals surface area contributed by atoms with Crippen LogP contribution in [-0.2, 0) is 0 Å². The zero-order valence-electron chi connectivity index (χ0n) is 8.62. The summed E-state index contributed by atoms with van der Waals surface area (Å²) in [7, 11) is 1.85. The van der Waals surface area contributed by atoms with E-state index in [0.29, 0.717) is 11.8 Å². The van der Waals surface area contributed by atoms with E-state index in [4.69, 9.17) is 4.42 Å². The topological polar surface area (TPSA) is 51.0 Å². The van der Waals surface area contributed by atoms with Crippen LogP contribution in [0.2, 0.25) is 0 Å². The van der Waals surface area contributed by atoms with Crippen molar-refractivity contribution >= 4 is 43.2 Å². The lowest BCUT2D eigenvalue weighted by Gasteiger charge is -2.01. The molecule has 0 aliphatic heterocycles. The van der Waals surface area contributed by atoms with Crippen LogP contribution in [0.25, 0.3) is 11.5 Å². The Hall–Kier alpha value is -0.240. The maximum Gasteiger partial charge on any atom is 0.249 e. The Bertz CT molecular complexity index is 497. The van der Waals surface area contributed by atoms with Crippen molar-refractivity contribution in [2.45, 2.75) is 13.0 Å². The van der Waals surface area contributed by atoms with E-state index in [1.165, 1.54) is 0 Å². The lowest BCUT2D eigenvalue weighted by atomic mass is 10.3. The minimum atomic E-state index is 0.0575. The van der Waals surface area contributed by atoms with Gasteiger partial charge in [0.05, 0.1) is 19.2 Å². The molecule has 0 aromatic carbocycles. The fourth-order valence-electron chi connectivity index (χ4n) is 1.13. The van der Waals surface area contributed by atoms with Crippen molar-refractivity contribution in [3.8, 4) is 11.5 Å². The van der Waals surface area contributed by atoms with Crippen molar-refractivity contribution < 1.29 is 4.42 Å². The van der Waals surface area contributed by atoms with Crippen molar-refractivity contribution in [2.24, 2.45) is 0 Å². The van der Waals surface area contributed by atoms with Gasteiger partial charge in [0.2, 0.25) is 11.8 Å². The van der Waals surface area contributed by atoms with E-state index in [2.05, 4.69) is 47.4 Å². The van der Waals surface area contributed by atoms with Gasteiger partial charge in [0, 0.05) is 0 Å². The molecule has 4 nitrogen and oxygen atoms in total. The second kappa shape index (κ2) is 4.95. The first-order valence-corrected chi connectivity index (χ1v) is 6.98. The van der Waals surface area contributed by atoms with Crippen LogP contribution in [0.4, 0.5) is 0 Å². The normalized spacial score (nSPS) is 13.0. The van der Waals surface area contributed by atoms with Crippen molar-refractivity contribution in [1.82, 2.24) is 15.5 Å². The van der Waals surface area contributed by atoms with Gasteiger partial charge in [-0.2, -0.15) is 0 Å². The van der Waals surface area contributed by atoms with Crippen molar-refractivity contribution in [3.63, 3.8) is 0 Å². The lowest BCUT2D eigenvalue weighted by Crippen LogP contribution is -2.12. The van der Waals surface area contributed by atoms with Crippen LogP contribution in [0.3, 0.4) is 0 Å². The average Bonchev–Trinajstić information content (AvgIpc) is 2.83. The molecule has 0 bridgehead atoms. The molecular formula is C9H9Br2N3OS. The quantitative estimate of drug-likeness (QED) is 0.901. The highest BCUT2D eigenvalue weighted by Crippen LogP contribution is 2.38. The van der Waals surface area contributed by atoms with Crippen LogP contribution >= 0.6 is 43.2 Å². The monoisotopic (exact) mass is 365 g/mol. The third-order valence-corrected chi connectivity index (χ3v) is 4.47. The van der Waals surface area contributed by atoms with Crippen LogP contribution in [0.5, 0.6) is 0 Å². The Morgan fingerprint density at radius 2 is 2.19 bits per heavy atom. The minimum absolute atomic E-state index is 0.0575. The number of hydrogen-bond donors (Lipinski definition) is 1. The smallest absolute Gasteiger partial charge is 0.249 e. The Morgan fingerprint density at radius 3 is 2.75 bits per heavy atom. The van der Waals surface area contributed by atoms with Gasteiger partial charge in [-0.1, -0.05) is 0 Å². The van der Waals surface area contributed by atoms with E-state index in [1.54, 1.807) is 11.3 Å². The van der Waals surface area contributed by atoms with E-state index in [1.807, 2.05) is 20.0 Å². The van der Waals surface area contributed by atoms with Gasteiger partial charge in [0.25, 0.3) is 0 Å². The first-order valence-electron chi connectivity index (χ1n) is 4.57. The number of nitrogens with zero attached hydrogens (tertiary/aromatic N) is 2. The lowest BCUT2D eigenvalue weighted by molar-refractivity contribution is 0.441. The van der Waals surface area contributed by atoms with Gasteiger partial charge in [0.1, 0.15) is 0 Å². The molecule has 2 heterocycles. The van der Waals surface area contributed by atoms with E-state index in [9.17, 15) is 0 Å². The number of hydrogen-bond acceptors (Lipinski definition) is 5. The van der Waals surface area contributed by atoms with Gasteiger partial charge in [0.15, 0.2) is 0 Å². The second-order valence-corrected chi connectivity index (χ2v) is 6.94. The predicted molar refractivity (Wildman–Crippen MR) is 70.5 cm³/mol. The molecule has 1 N–H and O–H groups in total. The fourth-order valence-corrected chi connectivity index (χ4v) is 3.91. The minimum Gasteiger partial charge on any atom is -0.419 e. The van der Waals surface area contributed by atoms with Gasteiger partial charge < -0.3 is 9.73 Å². The summed E-state index contributed by atoms with van der Waals surface area (Å²) in [5.41, 5.74) is 0.916. The summed E-state index contributed by atoms with van der Waals surface area (Å²) in [4.78, 5) is 0. The van der Waals surface area contributed by atoms with Crippen LogP contribution < -0.4 is 5.32 Å². The van der Waals surface area contributed by atoms with Crippen LogP contribution in [0, 0.1) is 0 Å². The molecule has 0 saturated heterocycles. The van der Waals surface area contributed by atoms with Crippen molar-refractivity contribution in [2.75, 3.05) is 7.05 Å². The molecular weight excluding hydrogens is 358 g/mol. The average molecular weight is 367 g/mol. The van der Waals surface area contributed by atoms with Gasteiger partial charge in [-0.3, -0.25) is 0 Å². The molecule has 0 aliphatic rings. The Labute approximate surface area is 114 Å². The number of rotatable bonds is 3. The van der Waals surface area contributed by atoms with Gasteiger partial charge in [-0.15, -0.1) is 21.5 Å². The molecule has 2 aromatic heterocycles. The molecule has 2 rings (SSSR count). The third kappa shape index (κ3) is 2.37. The second-order valence-electron chi connectivity index (χ2n) is 3.19. The summed E-state index contributed by atoms with van der Waals surface area (Å²) in [6.07, 6.45) is 0. The van der Waals surface area contributed by atoms with Crippen LogP contribution in [0.15, 0.2) is 18.1 Å². The molecule has 0 fully saturated rings. The largest absolute Gasteiger partial charge is 0.419 e. The first-order chi connectivity index (χ1) is 7.61. The van der Waals surface area contributed by atoms with Gasteiger partial charge >= 0.3 is 0 Å². The summed E-state index contributed by atoms with van der Waals surface area (Å²) in [5, 5.41) is 11.1. The van der Waals surface area contributed by atoms with Crippen LogP contribution in [-0.4, -0.2) is 17.2 Å². The van der Waals surface area contributed by atoms with Crippen molar-refractivity contribution in [1.29, 1.82) is 0 Å². The standard InChI is InChI=1S/C9H9Br2N3OS/c1-4(12-2)8-13-14-9(15-8)5-3-6(10)16-7(5)11/h3-4,12H,1-2H3. The van der Waals surface area contributed by atoms with E-state index in [-0.39, 0.29) is 6.04 Å². The molecule has 0 radical (unpaired) electrons. The fraction of sp³-hybridized carbons (Fsp3) is 0.333. The molecule has 2 aromatic rings. The highest BCUT2D eigenvalue weighted by molar-refractivity contribution is 9.12. The first kappa shape index (κ1) is 12.2. The predicted octanol–water partition coefficient (Wildman–Crippen LogP) is 3.60. The number of aromatic nitrogens is 2. The van der Waals surface area contributed by atoms with Crippen LogP contribution in [0.1, 0.15) is 18.9 Å². The molecule has 0 spiro atoms. The Kier molecular flexibility index (Phi) is 3.78. The molecule has 1 unspecified atom stereocenters. The van der Waals surface area contributed by atoms with E-state index >= 15 is 0 Å². The summed E-state index contributed by atoms with van der Waals surface area (Å²) in [6, 6.07) is 2.01. The highest BCUT2D eigenvalue weighted by Gasteiger charge is 2.16.